The third-order valence-corrected chi connectivity index (χ3v) is 6.94. The van der Waals surface area contributed by atoms with Crippen LogP contribution in [0.25, 0.3) is 16.8 Å². The number of nitrogens with two attached hydrogens (primary N) is 1. The van der Waals surface area contributed by atoms with Crippen molar-refractivity contribution in [1.82, 2.24) is 14.4 Å². The molecule has 0 saturated carbocycles. The number of phenols is 1. The monoisotopic (exact) mass is 483 g/mol. The summed E-state index contributed by atoms with van der Waals surface area (Å²) < 4.78 is 40.0. The van der Waals surface area contributed by atoms with Crippen molar-refractivity contribution >= 4 is 21.4 Å². The molecule has 0 spiro atoms. The number of halogens is 1. The standard InChI is InChI=1S/C24H26FN5O3S/c1-13-9-16(34(4,32)33)5-6-17(13)19-11-28-24(30-12-21(15(3)26)29-23(19)30)27-10-18-14(2)22(31)8-7-20(18)25/h5-9,11-12,15,31H,10,26H2,1-4H3,(H,27,28). The number of phenolic OH excluding ortho intramolecular Hbond substituents is 1. The highest BCUT2D eigenvalue weighted by molar-refractivity contribution is 7.90. The van der Waals surface area contributed by atoms with E-state index in [1.165, 1.54) is 18.4 Å². The van der Waals surface area contributed by atoms with E-state index < -0.39 is 15.7 Å². The van der Waals surface area contributed by atoms with Gasteiger partial charge in [-0.2, -0.15) is 0 Å². The molecule has 178 valence electrons. The van der Waals surface area contributed by atoms with Gasteiger partial charge in [-0.15, -0.1) is 0 Å². The largest absolute Gasteiger partial charge is 0.508 e. The van der Waals surface area contributed by atoms with Crippen LogP contribution in [0.15, 0.2) is 47.6 Å². The number of imidazole rings is 1. The van der Waals surface area contributed by atoms with Crippen LogP contribution in [-0.4, -0.2) is 34.1 Å². The van der Waals surface area contributed by atoms with E-state index >= 15 is 0 Å². The third kappa shape index (κ3) is 4.34. The molecule has 10 heteroatoms. The highest BCUT2D eigenvalue weighted by atomic mass is 32.2. The molecule has 1 unspecified atom stereocenters. The number of aryl methyl sites for hydroxylation is 1. The number of anilines is 1. The van der Waals surface area contributed by atoms with E-state index in [0.717, 1.165) is 11.1 Å². The second-order valence-corrected chi connectivity index (χ2v) is 10.4. The van der Waals surface area contributed by atoms with Crippen molar-refractivity contribution in [1.29, 1.82) is 0 Å². The van der Waals surface area contributed by atoms with Crippen molar-refractivity contribution in [3.8, 4) is 16.9 Å². The van der Waals surface area contributed by atoms with E-state index in [1.54, 1.807) is 41.9 Å². The van der Waals surface area contributed by atoms with Gasteiger partial charge in [0.15, 0.2) is 9.84 Å². The summed E-state index contributed by atoms with van der Waals surface area (Å²) in [6.45, 7) is 5.40. The second kappa shape index (κ2) is 8.69. The topological polar surface area (TPSA) is 123 Å². The minimum atomic E-state index is -3.34. The smallest absolute Gasteiger partial charge is 0.208 e. The van der Waals surface area contributed by atoms with Gasteiger partial charge in [0.25, 0.3) is 0 Å². The van der Waals surface area contributed by atoms with E-state index in [1.807, 2.05) is 13.8 Å². The minimum Gasteiger partial charge on any atom is -0.508 e. The van der Waals surface area contributed by atoms with Crippen molar-refractivity contribution in [2.45, 2.75) is 38.3 Å². The van der Waals surface area contributed by atoms with Crippen LogP contribution in [0.2, 0.25) is 0 Å². The third-order valence-electron chi connectivity index (χ3n) is 5.83. The fourth-order valence-electron chi connectivity index (χ4n) is 3.80. The number of nitrogens with zero attached hydrogens (tertiary/aromatic N) is 3. The molecular formula is C24H26FN5O3S. The quantitative estimate of drug-likeness (QED) is 0.380. The summed E-state index contributed by atoms with van der Waals surface area (Å²) in [4.78, 5) is 9.46. The maximum absolute atomic E-state index is 14.4. The van der Waals surface area contributed by atoms with Gasteiger partial charge in [-0.1, -0.05) is 6.07 Å². The molecule has 4 N–H and O–H groups in total. The molecule has 0 radical (unpaired) electrons. The molecule has 8 nitrogen and oxygen atoms in total. The SMILES string of the molecule is Cc1cc(S(C)(=O)=O)ccc1-c1cnc(NCc2c(F)ccc(O)c2C)n2cc(C(C)N)nc12. The van der Waals surface area contributed by atoms with Crippen molar-refractivity contribution in [3.63, 3.8) is 0 Å². The van der Waals surface area contributed by atoms with E-state index in [0.29, 0.717) is 34.0 Å². The first-order chi connectivity index (χ1) is 16.0. The van der Waals surface area contributed by atoms with Crippen molar-refractivity contribution in [3.05, 3.63) is 70.9 Å². The zero-order chi connectivity index (χ0) is 24.8. The van der Waals surface area contributed by atoms with E-state index in [-0.39, 0.29) is 23.2 Å². The van der Waals surface area contributed by atoms with Crippen LogP contribution in [0.3, 0.4) is 0 Å². The molecule has 0 aliphatic carbocycles. The number of aromatic nitrogens is 3. The van der Waals surface area contributed by atoms with Crippen molar-refractivity contribution < 1.29 is 17.9 Å². The first kappa shape index (κ1) is 23.7. The van der Waals surface area contributed by atoms with E-state index in [9.17, 15) is 17.9 Å². The molecule has 1 atom stereocenters. The lowest BCUT2D eigenvalue weighted by atomic mass is 10.0. The Morgan fingerprint density at radius 3 is 2.59 bits per heavy atom. The summed E-state index contributed by atoms with van der Waals surface area (Å²) in [6, 6.07) is 7.13. The number of hydrogen-bond donors (Lipinski definition) is 3. The van der Waals surface area contributed by atoms with Crippen LogP contribution in [-0.2, 0) is 16.4 Å². The minimum absolute atomic E-state index is 0.0153. The maximum atomic E-state index is 14.4. The van der Waals surface area contributed by atoms with Crippen molar-refractivity contribution in [2.75, 3.05) is 11.6 Å². The van der Waals surface area contributed by atoms with Gasteiger partial charge in [-0.25, -0.2) is 22.8 Å². The lowest BCUT2D eigenvalue weighted by Crippen LogP contribution is -2.09. The Hall–Kier alpha value is -3.50. The fourth-order valence-corrected chi connectivity index (χ4v) is 4.51. The Morgan fingerprint density at radius 1 is 1.21 bits per heavy atom. The second-order valence-electron chi connectivity index (χ2n) is 8.42. The average Bonchev–Trinajstić information content (AvgIpc) is 3.22. The Bertz CT molecular complexity index is 1510. The van der Waals surface area contributed by atoms with Gasteiger partial charge in [0.1, 0.15) is 17.2 Å². The van der Waals surface area contributed by atoms with Gasteiger partial charge in [0, 0.05) is 42.4 Å². The van der Waals surface area contributed by atoms with E-state index in [4.69, 9.17) is 10.7 Å². The Balaban J connectivity index is 1.81. The van der Waals surface area contributed by atoms with E-state index in [2.05, 4.69) is 10.3 Å². The molecule has 2 aromatic heterocycles. The highest BCUT2D eigenvalue weighted by Gasteiger charge is 2.18. The van der Waals surface area contributed by atoms with Crippen LogP contribution in [0.5, 0.6) is 5.75 Å². The molecule has 0 bridgehead atoms. The molecule has 34 heavy (non-hydrogen) atoms. The van der Waals surface area contributed by atoms with Crippen LogP contribution in [0.1, 0.15) is 35.3 Å². The highest BCUT2D eigenvalue weighted by Crippen LogP contribution is 2.31. The molecular weight excluding hydrogens is 457 g/mol. The summed E-state index contributed by atoms with van der Waals surface area (Å²) in [5.74, 6) is 0.00593. The van der Waals surface area contributed by atoms with Crippen molar-refractivity contribution in [2.24, 2.45) is 5.73 Å². The van der Waals surface area contributed by atoms with Gasteiger partial charge in [0.2, 0.25) is 5.95 Å². The summed E-state index contributed by atoms with van der Waals surface area (Å²) in [6.07, 6.45) is 4.58. The van der Waals surface area contributed by atoms with Crippen LogP contribution >= 0.6 is 0 Å². The number of fused-ring (bicyclic) bond motifs is 1. The average molecular weight is 484 g/mol. The molecule has 4 rings (SSSR count). The van der Waals surface area contributed by atoms with Crippen LogP contribution in [0.4, 0.5) is 10.3 Å². The van der Waals surface area contributed by atoms with Gasteiger partial charge in [-0.3, -0.25) is 4.40 Å². The zero-order valence-electron chi connectivity index (χ0n) is 19.3. The number of hydrogen-bond acceptors (Lipinski definition) is 7. The first-order valence-electron chi connectivity index (χ1n) is 10.6. The zero-order valence-corrected chi connectivity index (χ0v) is 20.1. The van der Waals surface area contributed by atoms with Gasteiger partial charge >= 0.3 is 0 Å². The molecule has 4 aromatic rings. The Kier molecular flexibility index (Phi) is 6.05. The summed E-state index contributed by atoms with van der Waals surface area (Å²) in [5, 5.41) is 13.1. The lowest BCUT2D eigenvalue weighted by Gasteiger charge is -2.14. The first-order valence-corrected chi connectivity index (χ1v) is 12.5. The molecule has 0 fully saturated rings. The molecule has 0 saturated heterocycles. The summed E-state index contributed by atoms with van der Waals surface area (Å²) >= 11 is 0. The van der Waals surface area contributed by atoms with Crippen LogP contribution in [0, 0.1) is 19.7 Å². The van der Waals surface area contributed by atoms with Gasteiger partial charge < -0.3 is 16.2 Å². The molecule has 2 aromatic carbocycles. The number of rotatable bonds is 6. The number of aromatic hydroxyl groups is 1. The normalized spacial score (nSPS) is 12.8. The molecule has 0 amide bonds. The molecule has 0 aliphatic heterocycles. The molecule has 2 heterocycles. The lowest BCUT2D eigenvalue weighted by molar-refractivity contribution is 0.466. The number of sulfone groups is 1. The Labute approximate surface area is 197 Å². The van der Waals surface area contributed by atoms with Crippen LogP contribution < -0.4 is 11.1 Å². The predicted molar refractivity (Wildman–Crippen MR) is 129 cm³/mol. The predicted octanol–water partition coefficient (Wildman–Crippen LogP) is 3.89. The summed E-state index contributed by atoms with van der Waals surface area (Å²) in [5.41, 5.74) is 10.3. The maximum Gasteiger partial charge on any atom is 0.208 e. The van der Waals surface area contributed by atoms with Gasteiger partial charge in [0.05, 0.1) is 10.6 Å². The molecule has 0 aliphatic rings. The Morgan fingerprint density at radius 2 is 1.94 bits per heavy atom. The number of benzene rings is 2. The fraction of sp³-hybridized carbons (Fsp3) is 0.250. The summed E-state index contributed by atoms with van der Waals surface area (Å²) in [7, 11) is -3.34. The number of nitrogens with one attached hydrogen (secondary N) is 1. The van der Waals surface area contributed by atoms with Gasteiger partial charge in [-0.05, 0) is 61.7 Å².